The van der Waals surface area contributed by atoms with Crippen LogP contribution in [0.15, 0.2) is 18.2 Å². The molecule has 2 N–H and O–H groups in total. The van der Waals surface area contributed by atoms with E-state index in [2.05, 4.69) is 10.4 Å². The number of aliphatic hydroxyl groups excluding tert-OH is 1. The van der Waals surface area contributed by atoms with Crippen molar-refractivity contribution in [2.45, 2.75) is 25.4 Å². The first kappa shape index (κ1) is 12.8. The van der Waals surface area contributed by atoms with Crippen LogP contribution in [0.3, 0.4) is 0 Å². The number of aromatic nitrogens is 2. The van der Waals surface area contributed by atoms with Crippen LogP contribution >= 0.6 is 0 Å². The quantitative estimate of drug-likeness (QED) is 0.784. The van der Waals surface area contributed by atoms with E-state index in [1.165, 1.54) is 0 Å². The van der Waals surface area contributed by atoms with Gasteiger partial charge in [-0.3, -0.25) is 19.6 Å². The summed E-state index contributed by atoms with van der Waals surface area (Å²) >= 11 is 0. The molecular formula is C14H15N3O3. The lowest BCUT2D eigenvalue weighted by molar-refractivity contribution is -0.134. The summed E-state index contributed by atoms with van der Waals surface area (Å²) in [5, 5.41) is 17.0. The van der Waals surface area contributed by atoms with Gasteiger partial charge in [0.25, 0.3) is 0 Å². The highest BCUT2D eigenvalue weighted by molar-refractivity contribution is 6.02. The number of hydrogen-bond donors (Lipinski definition) is 2. The molecule has 1 saturated heterocycles. The number of nitrogens with one attached hydrogen (secondary N) is 1. The number of fused-ring (bicyclic) bond motifs is 1. The molecule has 104 valence electrons. The molecule has 0 spiro atoms. The van der Waals surface area contributed by atoms with E-state index in [0.29, 0.717) is 18.5 Å². The predicted molar refractivity (Wildman–Crippen MR) is 71.8 cm³/mol. The number of hydrogen-bond acceptors (Lipinski definition) is 4. The molecule has 1 fully saturated rings. The van der Waals surface area contributed by atoms with Gasteiger partial charge in [-0.2, -0.15) is 5.10 Å². The van der Waals surface area contributed by atoms with Crippen LogP contribution in [0.1, 0.15) is 30.0 Å². The maximum absolute atomic E-state index is 12.0. The molecule has 0 aliphatic carbocycles. The molecule has 6 heteroatoms. The summed E-state index contributed by atoms with van der Waals surface area (Å²) in [7, 11) is 1.79. The fourth-order valence-electron chi connectivity index (χ4n) is 2.79. The maximum atomic E-state index is 12.0. The van der Waals surface area contributed by atoms with E-state index in [4.69, 9.17) is 0 Å². The van der Waals surface area contributed by atoms with Crippen LogP contribution < -0.4 is 5.32 Å². The molecule has 2 heterocycles. The van der Waals surface area contributed by atoms with E-state index in [-0.39, 0.29) is 18.4 Å². The number of aliphatic hydroxyl groups is 1. The van der Waals surface area contributed by atoms with Gasteiger partial charge in [0.05, 0.1) is 23.7 Å². The molecule has 2 amide bonds. The fourth-order valence-corrected chi connectivity index (χ4v) is 2.79. The number of rotatable bonds is 2. The van der Waals surface area contributed by atoms with Gasteiger partial charge in [-0.25, -0.2) is 0 Å². The standard InChI is InChI=1S/C14H15N3O3/c1-17-13-8(7-18)3-2-4-9(13)12(16-17)10-5-6-11(19)15-14(10)20/h2-4,10,18H,5-7H2,1H3,(H,15,19,20). The largest absolute Gasteiger partial charge is 0.392 e. The molecule has 3 rings (SSSR count). The van der Waals surface area contributed by atoms with Crippen molar-refractivity contribution in [3.8, 4) is 0 Å². The normalized spacial score (nSPS) is 19.4. The lowest BCUT2D eigenvalue weighted by Gasteiger charge is -2.19. The number of benzene rings is 1. The van der Waals surface area contributed by atoms with Crippen molar-refractivity contribution in [1.82, 2.24) is 15.1 Å². The Hall–Kier alpha value is -2.21. The molecule has 1 aliphatic rings. The second kappa shape index (κ2) is 4.72. The number of nitrogens with zero attached hydrogens (tertiary/aromatic N) is 2. The third kappa shape index (κ3) is 1.89. The minimum Gasteiger partial charge on any atom is -0.392 e. The van der Waals surface area contributed by atoms with Crippen LogP contribution in [0.4, 0.5) is 0 Å². The van der Waals surface area contributed by atoms with Crippen molar-refractivity contribution >= 4 is 22.7 Å². The zero-order valence-electron chi connectivity index (χ0n) is 11.1. The van der Waals surface area contributed by atoms with Gasteiger partial charge in [-0.15, -0.1) is 0 Å². The molecule has 0 saturated carbocycles. The number of piperidine rings is 1. The first-order valence-electron chi connectivity index (χ1n) is 6.51. The Balaban J connectivity index is 2.13. The smallest absolute Gasteiger partial charge is 0.235 e. The van der Waals surface area contributed by atoms with Crippen LogP contribution in [0.5, 0.6) is 0 Å². The minimum atomic E-state index is -0.412. The molecule has 0 radical (unpaired) electrons. The Morgan fingerprint density at radius 3 is 2.95 bits per heavy atom. The van der Waals surface area contributed by atoms with Gasteiger partial charge in [0.2, 0.25) is 11.8 Å². The molecular weight excluding hydrogens is 258 g/mol. The van der Waals surface area contributed by atoms with Crippen LogP contribution in [-0.2, 0) is 23.2 Å². The Morgan fingerprint density at radius 1 is 1.45 bits per heavy atom. The molecule has 1 aliphatic heterocycles. The van der Waals surface area contributed by atoms with E-state index >= 15 is 0 Å². The molecule has 1 unspecified atom stereocenters. The van der Waals surface area contributed by atoms with E-state index in [9.17, 15) is 14.7 Å². The van der Waals surface area contributed by atoms with Gasteiger partial charge in [-0.05, 0) is 6.42 Å². The summed E-state index contributed by atoms with van der Waals surface area (Å²) in [6.07, 6.45) is 0.800. The second-order valence-corrected chi connectivity index (χ2v) is 4.98. The van der Waals surface area contributed by atoms with E-state index < -0.39 is 5.92 Å². The monoisotopic (exact) mass is 273 g/mol. The first-order chi connectivity index (χ1) is 9.61. The van der Waals surface area contributed by atoms with Crippen molar-refractivity contribution < 1.29 is 14.7 Å². The van der Waals surface area contributed by atoms with Gasteiger partial charge in [0, 0.05) is 24.4 Å². The summed E-state index contributed by atoms with van der Waals surface area (Å²) in [5.41, 5.74) is 2.27. The lowest BCUT2D eigenvalue weighted by Crippen LogP contribution is -2.39. The van der Waals surface area contributed by atoms with Crippen LogP contribution in [0.2, 0.25) is 0 Å². The van der Waals surface area contributed by atoms with Gasteiger partial charge in [0.1, 0.15) is 0 Å². The Labute approximate surface area is 115 Å². The first-order valence-corrected chi connectivity index (χ1v) is 6.51. The number of carbonyl (C=O) groups is 2. The van der Waals surface area contributed by atoms with Crippen molar-refractivity contribution in [3.63, 3.8) is 0 Å². The summed E-state index contributed by atoms with van der Waals surface area (Å²) in [4.78, 5) is 23.2. The highest BCUT2D eigenvalue weighted by atomic mass is 16.3. The topological polar surface area (TPSA) is 84.2 Å². The third-order valence-corrected chi connectivity index (χ3v) is 3.72. The van der Waals surface area contributed by atoms with Crippen molar-refractivity contribution in [2.75, 3.05) is 0 Å². The summed E-state index contributed by atoms with van der Waals surface area (Å²) < 4.78 is 1.68. The Morgan fingerprint density at radius 2 is 2.25 bits per heavy atom. The van der Waals surface area contributed by atoms with Gasteiger partial charge in [-0.1, -0.05) is 18.2 Å². The number of carbonyl (C=O) groups excluding carboxylic acids is 2. The third-order valence-electron chi connectivity index (χ3n) is 3.72. The second-order valence-electron chi connectivity index (χ2n) is 4.98. The Kier molecular flexibility index (Phi) is 3.02. The summed E-state index contributed by atoms with van der Waals surface area (Å²) in [5.74, 6) is -0.941. The van der Waals surface area contributed by atoms with Crippen LogP contribution in [0, 0.1) is 0 Å². The van der Waals surface area contributed by atoms with E-state index in [1.807, 2.05) is 18.2 Å². The van der Waals surface area contributed by atoms with Crippen LogP contribution in [-0.4, -0.2) is 26.7 Å². The summed E-state index contributed by atoms with van der Waals surface area (Å²) in [6, 6.07) is 5.56. The fraction of sp³-hybridized carbons (Fsp3) is 0.357. The predicted octanol–water partition coefficient (Wildman–Crippen LogP) is 0.586. The van der Waals surface area contributed by atoms with Gasteiger partial charge < -0.3 is 5.11 Å². The number of aryl methyl sites for hydroxylation is 1. The molecule has 6 nitrogen and oxygen atoms in total. The molecule has 20 heavy (non-hydrogen) atoms. The highest BCUT2D eigenvalue weighted by Crippen LogP contribution is 2.31. The van der Waals surface area contributed by atoms with E-state index in [0.717, 1.165) is 16.5 Å². The number of para-hydroxylation sites is 1. The highest BCUT2D eigenvalue weighted by Gasteiger charge is 2.31. The zero-order chi connectivity index (χ0) is 14.3. The molecule has 1 aromatic heterocycles. The zero-order valence-corrected chi connectivity index (χ0v) is 11.1. The van der Waals surface area contributed by atoms with Crippen molar-refractivity contribution in [1.29, 1.82) is 0 Å². The average Bonchev–Trinajstić information content (AvgIpc) is 2.76. The average molecular weight is 273 g/mol. The number of amides is 2. The SMILES string of the molecule is Cn1nc(C2CCC(=O)NC2=O)c2cccc(CO)c21. The maximum Gasteiger partial charge on any atom is 0.235 e. The minimum absolute atomic E-state index is 0.0777. The number of imide groups is 1. The van der Waals surface area contributed by atoms with Crippen molar-refractivity contribution in [3.05, 3.63) is 29.5 Å². The summed E-state index contributed by atoms with van der Waals surface area (Å²) in [6.45, 7) is -0.0777. The van der Waals surface area contributed by atoms with Crippen LogP contribution in [0.25, 0.3) is 10.9 Å². The van der Waals surface area contributed by atoms with E-state index in [1.54, 1.807) is 11.7 Å². The molecule has 0 bridgehead atoms. The van der Waals surface area contributed by atoms with Gasteiger partial charge >= 0.3 is 0 Å². The lowest BCUT2D eigenvalue weighted by atomic mass is 9.92. The molecule has 1 atom stereocenters. The van der Waals surface area contributed by atoms with Crippen molar-refractivity contribution in [2.24, 2.45) is 7.05 Å². The molecule has 2 aromatic rings. The van der Waals surface area contributed by atoms with Gasteiger partial charge in [0.15, 0.2) is 0 Å². The Bertz CT molecular complexity index is 705. The molecule has 1 aromatic carbocycles.